The predicted molar refractivity (Wildman–Crippen MR) is 93.3 cm³/mol. The summed E-state index contributed by atoms with van der Waals surface area (Å²) in [5, 5.41) is 2.21. The second-order valence-corrected chi connectivity index (χ2v) is 6.31. The van der Waals surface area contributed by atoms with Crippen LogP contribution in [0.2, 0.25) is 0 Å². The van der Waals surface area contributed by atoms with E-state index in [0.29, 0.717) is 11.4 Å². The molecule has 0 saturated carbocycles. The molecule has 122 valence electrons. The van der Waals surface area contributed by atoms with Gasteiger partial charge >= 0.3 is 6.03 Å². The van der Waals surface area contributed by atoms with Gasteiger partial charge in [0.05, 0.1) is 5.69 Å². The second-order valence-electron chi connectivity index (χ2n) is 5.39. The summed E-state index contributed by atoms with van der Waals surface area (Å²) in [5.74, 6) is -1.35. The minimum atomic E-state index is -0.757. The van der Waals surface area contributed by atoms with Crippen LogP contribution < -0.4 is 10.2 Å². The van der Waals surface area contributed by atoms with Gasteiger partial charge in [-0.15, -0.1) is 0 Å². The van der Waals surface area contributed by atoms with Crippen molar-refractivity contribution in [1.82, 2.24) is 9.88 Å². The first kappa shape index (κ1) is 16.2. The Labute approximate surface area is 146 Å². The van der Waals surface area contributed by atoms with E-state index in [4.69, 9.17) is 0 Å². The number of carbonyl (C=O) groups is 3. The summed E-state index contributed by atoms with van der Waals surface area (Å²) in [5.41, 5.74) is 2.00. The number of urea groups is 1. The lowest BCUT2D eigenvalue weighted by Crippen LogP contribution is -2.54. The molecule has 1 aromatic carbocycles. The largest absolute Gasteiger partial charge is 0.348 e. The highest BCUT2D eigenvalue weighted by molar-refractivity contribution is 9.10. The molecule has 4 amide bonds. The number of benzene rings is 1. The van der Waals surface area contributed by atoms with Gasteiger partial charge in [-0.2, -0.15) is 0 Å². The maximum atomic E-state index is 12.7. The molecular formula is C17H14BrN3O3. The number of rotatable bonds is 2. The lowest BCUT2D eigenvalue weighted by Gasteiger charge is -2.26. The fourth-order valence-electron chi connectivity index (χ4n) is 2.41. The Kier molecular flexibility index (Phi) is 4.11. The smallest absolute Gasteiger partial charge is 0.335 e. The summed E-state index contributed by atoms with van der Waals surface area (Å²) in [4.78, 5) is 37.9. The molecular weight excluding hydrogens is 374 g/mol. The predicted octanol–water partition coefficient (Wildman–Crippen LogP) is 2.76. The molecule has 0 unspecified atom stereocenters. The molecule has 2 aromatic rings. The minimum Gasteiger partial charge on any atom is -0.348 e. The molecule has 6 nitrogen and oxygen atoms in total. The maximum Gasteiger partial charge on any atom is 0.335 e. The molecule has 0 spiro atoms. The van der Waals surface area contributed by atoms with Gasteiger partial charge in [-0.25, -0.2) is 9.69 Å². The molecule has 2 heterocycles. The van der Waals surface area contributed by atoms with Crippen molar-refractivity contribution < 1.29 is 14.4 Å². The number of nitrogens with zero attached hydrogens (tertiary/aromatic N) is 2. The summed E-state index contributed by atoms with van der Waals surface area (Å²) in [6, 6.07) is 9.63. The van der Waals surface area contributed by atoms with Crippen molar-refractivity contribution in [3.05, 3.63) is 57.8 Å². The van der Waals surface area contributed by atoms with Crippen LogP contribution >= 0.6 is 15.9 Å². The first-order chi connectivity index (χ1) is 11.4. The number of halogens is 1. The highest BCUT2D eigenvalue weighted by atomic mass is 79.9. The lowest BCUT2D eigenvalue weighted by atomic mass is 10.1. The minimum absolute atomic E-state index is 0.0845. The molecule has 0 radical (unpaired) electrons. The number of aryl methyl sites for hydroxylation is 1. The third-order valence-corrected chi connectivity index (χ3v) is 4.42. The van der Waals surface area contributed by atoms with Crippen molar-refractivity contribution in [1.29, 1.82) is 0 Å². The average molecular weight is 388 g/mol. The van der Waals surface area contributed by atoms with Crippen LogP contribution in [0.1, 0.15) is 11.4 Å². The van der Waals surface area contributed by atoms with Crippen LogP contribution in [0.4, 0.5) is 10.5 Å². The van der Waals surface area contributed by atoms with E-state index in [1.165, 1.54) is 6.08 Å². The van der Waals surface area contributed by atoms with Crippen LogP contribution in [-0.2, 0) is 16.6 Å². The van der Waals surface area contributed by atoms with E-state index in [9.17, 15) is 14.4 Å². The highest BCUT2D eigenvalue weighted by Gasteiger charge is 2.36. The third kappa shape index (κ3) is 2.78. The first-order valence-electron chi connectivity index (χ1n) is 7.18. The number of imide groups is 2. The number of barbiturate groups is 1. The quantitative estimate of drug-likeness (QED) is 0.635. The summed E-state index contributed by atoms with van der Waals surface area (Å²) in [6.07, 6.45) is 1.49. The van der Waals surface area contributed by atoms with Crippen LogP contribution in [0.25, 0.3) is 6.08 Å². The van der Waals surface area contributed by atoms with Crippen molar-refractivity contribution >= 4 is 45.5 Å². The average Bonchev–Trinajstić information content (AvgIpc) is 2.85. The molecule has 1 aliphatic rings. The van der Waals surface area contributed by atoms with Crippen LogP contribution in [0, 0.1) is 6.92 Å². The summed E-state index contributed by atoms with van der Waals surface area (Å²) in [7, 11) is 1.84. The van der Waals surface area contributed by atoms with Crippen LogP contribution in [0.5, 0.6) is 0 Å². The lowest BCUT2D eigenvalue weighted by molar-refractivity contribution is -0.122. The number of hydrogen-bond donors (Lipinski definition) is 1. The Hall–Kier alpha value is -2.67. The Bertz CT molecular complexity index is 881. The van der Waals surface area contributed by atoms with Gasteiger partial charge in [-0.05, 0) is 49.4 Å². The fraction of sp³-hybridized carbons (Fsp3) is 0.118. The van der Waals surface area contributed by atoms with Gasteiger partial charge < -0.3 is 4.57 Å². The standard InChI is InChI=1S/C17H14BrN3O3/c1-10-3-6-13(20(10)2)9-14-15(22)19-17(24)21(16(14)23)12-7-4-11(18)5-8-12/h3-9H,1-2H3,(H,19,22,24)/b14-9+. The summed E-state index contributed by atoms with van der Waals surface area (Å²) < 4.78 is 2.68. The molecule has 1 fully saturated rings. The maximum absolute atomic E-state index is 12.7. The third-order valence-electron chi connectivity index (χ3n) is 3.89. The first-order valence-corrected chi connectivity index (χ1v) is 7.97. The van der Waals surface area contributed by atoms with E-state index >= 15 is 0 Å². The molecule has 7 heteroatoms. The molecule has 0 atom stereocenters. The molecule has 0 bridgehead atoms. The highest BCUT2D eigenvalue weighted by Crippen LogP contribution is 2.23. The molecule has 1 aromatic heterocycles. The van der Waals surface area contributed by atoms with Gasteiger partial charge in [-0.1, -0.05) is 15.9 Å². The van der Waals surface area contributed by atoms with Crippen molar-refractivity contribution in [2.24, 2.45) is 7.05 Å². The Morgan fingerprint density at radius 1 is 1.04 bits per heavy atom. The summed E-state index contributed by atoms with van der Waals surface area (Å²) in [6.45, 7) is 1.92. The van der Waals surface area contributed by atoms with E-state index < -0.39 is 17.8 Å². The van der Waals surface area contributed by atoms with Gasteiger partial charge in [0.25, 0.3) is 11.8 Å². The zero-order valence-corrected chi connectivity index (χ0v) is 14.6. The monoisotopic (exact) mass is 387 g/mol. The molecule has 24 heavy (non-hydrogen) atoms. The Balaban J connectivity index is 2.03. The van der Waals surface area contributed by atoms with E-state index in [0.717, 1.165) is 15.1 Å². The van der Waals surface area contributed by atoms with E-state index in [1.807, 2.05) is 30.7 Å². The molecule has 3 rings (SSSR count). The topological polar surface area (TPSA) is 71.4 Å². The van der Waals surface area contributed by atoms with Crippen molar-refractivity contribution in [2.75, 3.05) is 4.90 Å². The van der Waals surface area contributed by atoms with Crippen molar-refractivity contribution in [3.8, 4) is 0 Å². The van der Waals surface area contributed by atoms with Gasteiger partial charge in [0.1, 0.15) is 5.57 Å². The normalized spacial score (nSPS) is 16.7. The van der Waals surface area contributed by atoms with Crippen LogP contribution in [0.3, 0.4) is 0 Å². The molecule has 1 saturated heterocycles. The second kappa shape index (κ2) is 6.09. The number of hydrogen-bond acceptors (Lipinski definition) is 3. The van der Waals surface area contributed by atoms with E-state index in [2.05, 4.69) is 21.2 Å². The van der Waals surface area contributed by atoms with Gasteiger partial charge in [0, 0.05) is 22.9 Å². The number of amides is 4. The number of aromatic nitrogens is 1. The van der Waals surface area contributed by atoms with E-state index in [1.54, 1.807) is 24.3 Å². The fourth-order valence-corrected chi connectivity index (χ4v) is 2.67. The Morgan fingerprint density at radius 2 is 1.71 bits per heavy atom. The summed E-state index contributed by atoms with van der Waals surface area (Å²) >= 11 is 3.30. The number of carbonyl (C=O) groups excluding carboxylic acids is 3. The SMILES string of the molecule is Cc1ccc(/C=C2\C(=O)NC(=O)N(c3ccc(Br)cc3)C2=O)n1C. The van der Waals surface area contributed by atoms with Crippen LogP contribution in [0.15, 0.2) is 46.4 Å². The molecule has 1 aliphatic heterocycles. The molecule has 0 aliphatic carbocycles. The van der Waals surface area contributed by atoms with E-state index in [-0.39, 0.29) is 5.57 Å². The van der Waals surface area contributed by atoms with Gasteiger partial charge in [0.2, 0.25) is 0 Å². The van der Waals surface area contributed by atoms with Crippen LogP contribution in [-0.4, -0.2) is 22.4 Å². The zero-order chi connectivity index (χ0) is 17.4. The van der Waals surface area contributed by atoms with Gasteiger partial charge in [-0.3, -0.25) is 14.9 Å². The van der Waals surface area contributed by atoms with Crippen molar-refractivity contribution in [3.63, 3.8) is 0 Å². The number of anilines is 1. The Morgan fingerprint density at radius 3 is 2.29 bits per heavy atom. The zero-order valence-electron chi connectivity index (χ0n) is 13.0. The number of nitrogens with one attached hydrogen (secondary N) is 1. The van der Waals surface area contributed by atoms with Gasteiger partial charge in [0.15, 0.2) is 0 Å². The molecule has 1 N–H and O–H groups in total. The van der Waals surface area contributed by atoms with Crippen molar-refractivity contribution in [2.45, 2.75) is 6.92 Å².